The lowest BCUT2D eigenvalue weighted by Crippen LogP contribution is -2.52. The molecule has 2 atom stereocenters. The van der Waals surface area contributed by atoms with Crippen LogP contribution in [0.2, 0.25) is 15.1 Å². The van der Waals surface area contributed by atoms with Gasteiger partial charge in [-0.2, -0.15) is 0 Å². The molecule has 3 aromatic carbocycles. The Kier molecular flexibility index (Phi) is 12.6. The minimum Gasteiger partial charge on any atom is -0.495 e. The lowest BCUT2D eigenvalue weighted by atomic mass is 10.1. The first-order chi connectivity index (χ1) is 21.3. The maximum Gasteiger partial charge on any atom is 0.265 e. The molecular weight excluding hydrogens is 665 g/mol. The molecule has 0 aromatic heterocycles. The molecule has 0 saturated carbocycles. The van der Waals surface area contributed by atoms with Gasteiger partial charge in [0.2, 0.25) is 11.8 Å². The van der Waals surface area contributed by atoms with Gasteiger partial charge in [0, 0.05) is 39.3 Å². The van der Waals surface area contributed by atoms with E-state index in [1.807, 2.05) is 13.8 Å². The summed E-state index contributed by atoms with van der Waals surface area (Å²) in [6.45, 7) is 4.38. The van der Waals surface area contributed by atoms with Crippen LogP contribution in [0.15, 0.2) is 59.5 Å². The molecule has 2 amide bonds. The maximum atomic E-state index is 14.3. The Bertz CT molecular complexity index is 1620. The fourth-order valence-corrected chi connectivity index (χ4v) is 6.49. The first-order valence-electron chi connectivity index (χ1n) is 13.9. The van der Waals surface area contributed by atoms with Gasteiger partial charge in [0.15, 0.2) is 11.5 Å². The van der Waals surface area contributed by atoms with Gasteiger partial charge >= 0.3 is 0 Å². The topological polar surface area (TPSA) is 114 Å². The van der Waals surface area contributed by atoms with Crippen LogP contribution in [-0.4, -0.2) is 65.1 Å². The number of carbonyl (C=O) groups excluding carboxylic acids is 2. The van der Waals surface area contributed by atoms with Crippen LogP contribution in [0.3, 0.4) is 0 Å². The minimum atomic E-state index is -4.49. The Labute approximate surface area is 279 Å². The average Bonchev–Trinajstić information content (AvgIpc) is 3.02. The number of anilines is 1. The van der Waals surface area contributed by atoms with E-state index >= 15 is 0 Å². The molecule has 3 aromatic rings. The molecule has 0 radical (unpaired) electrons. The fourth-order valence-electron chi connectivity index (χ4n) is 4.38. The molecule has 0 saturated heterocycles. The van der Waals surface area contributed by atoms with Crippen LogP contribution in [0.5, 0.6) is 17.2 Å². The van der Waals surface area contributed by atoms with Crippen LogP contribution >= 0.6 is 34.8 Å². The van der Waals surface area contributed by atoms with Gasteiger partial charge in [0.05, 0.1) is 31.9 Å². The third-order valence-electron chi connectivity index (χ3n) is 7.19. The zero-order valence-electron chi connectivity index (χ0n) is 25.8. The summed E-state index contributed by atoms with van der Waals surface area (Å²) in [6, 6.07) is 12.1. The number of rotatable bonds is 14. The van der Waals surface area contributed by atoms with Gasteiger partial charge in [0.25, 0.3) is 10.0 Å². The second kappa shape index (κ2) is 15.8. The van der Waals surface area contributed by atoms with E-state index in [0.29, 0.717) is 17.7 Å². The molecule has 0 heterocycles. The van der Waals surface area contributed by atoms with Crippen molar-refractivity contribution in [2.75, 3.05) is 32.2 Å². The number of nitrogens with one attached hydrogen (secondary N) is 1. The van der Waals surface area contributed by atoms with Gasteiger partial charge in [-0.15, -0.1) is 0 Å². The van der Waals surface area contributed by atoms with Crippen LogP contribution in [-0.2, 0) is 26.2 Å². The summed E-state index contributed by atoms with van der Waals surface area (Å²) < 4.78 is 45.6. The van der Waals surface area contributed by atoms with E-state index < -0.39 is 34.4 Å². The van der Waals surface area contributed by atoms with Crippen LogP contribution in [0.4, 0.5) is 5.69 Å². The van der Waals surface area contributed by atoms with Crippen molar-refractivity contribution in [3.8, 4) is 17.2 Å². The van der Waals surface area contributed by atoms with Crippen molar-refractivity contribution in [3.05, 3.63) is 75.2 Å². The van der Waals surface area contributed by atoms with E-state index in [1.165, 1.54) is 62.6 Å². The van der Waals surface area contributed by atoms with Crippen LogP contribution in [0.1, 0.15) is 32.8 Å². The quantitative estimate of drug-likeness (QED) is 0.213. The Balaban J connectivity index is 2.18. The highest BCUT2D eigenvalue weighted by Gasteiger charge is 2.35. The smallest absolute Gasteiger partial charge is 0.265 e. The number of amides is 2. The zero-order valence-corrected chi connectivity index (χ0v) is 28.9. The van der Waals surface area contributed by atoms with Crippen LogP contribution < -0.4 is 23.8 Å². The lowest BCUT2D eigenvalue weighted by molar-refractivity contribution is -0.139. The Morgan fingerprint density at radius 1 is 0.867 bits per heavy atom. The molecule has 0 aliphatic rings. The Morgan fingerprint density at radius 2 is 1.47 bits per heavy atom. The molecule has 0 bridgehead atoms. The third kappa shape index (κ3) is 8.46. The Hall–Kier alpha value is -3.38. The standard InChI is InChI=1S/C31H36Cl3N3O7S/c1-7-19(2)35-31(39)20(3)36(17-23-24(33)9-8-10-25(23)34)30(38)18-37(26-15-21(32)11-13-27(26)42-4)45(40,41)22-12-14-28(43-5)29(16-22)44-6/h8-16,19-20H,7,17-18H2,1-6H3,(H,35,39)/t19-,20-/m0/s1. The third-order valence-corrected chi connectivity index (χ3v) is 9.89. The van der Waals surface area contributed by atoms with E-state index in [-0.39, 0.29) is 49.7 Å². The highest BCUT2D eigenvalue weighted by molar-refractivity contribution is 7.92. The van der Waals surface area contributed by atoms with E-state index in [2.05, 4.69) is 5.32 Å². The number of ether oxygens (including phenoxy) is 3. The summed E-state index contributed by atoms with van der Waals surface area (Å²) >= 11 is 19.2. The van der Waals surface area contributed by atoms with Crippen LogP contribution in [0.25, 0.3) is 0 Å². The van der Waals surface area contributed by atoms with Crippen molar-refractivity contribution < 1.29 is 32.2 Å². The molecule has 1 N–H and O–H groups in total. The number of methoxy groups -OCH3 is 3. The van der Waals surface area contributed by atoms with Gasteiger partial charge in [-0.05, 0) is 62.7 Å². The number of hydrogen-bond donors (Lipinski definition) is 1. The molecule has 3 rings (SSSR count). The van der Waals surface area contributed by atoms with Crippen LogP contribution in [0, 0.1) is 0 Å². The highest BCUT2D eigenvalue weighted by atomic mass is 35.5. The summed E-state index contributed by atoms with van der Waals surface area (Å²) in [7, 11) is -0.328. The summed E-state index contributed by atoms with van der Waals surface area (Å²) in [5, 5.41) is 3.63. The maximum absolute atomic E-state index is 14.3. The molecule has 0 aliphatic heterocycles. The molecular formula is C31H36Cl3N3O7S. The Morgan fingerprint density at radius 3 is 2.04 bits per heavy atom. The molecule has 244 valence electrons. The largest absolute Gasteiger partial charge is 0.495 e. The molecule has 0 spiro atoms. The van der Waals surface area contributed by atoms with E-state index in [9.17, 15) is 18.0 Å². The van der Waals surface area contributed by atoms with Gasteiger partial charge in [0.1, 0.15) is 18.3 Å². The minimum absolute atomic E-state index is 0.000528. The zero-order chi connectivity index (χ0) is 33.5. The molecule has 0 fully saturated rings. The monoisotopic (exact) mass is 699 g/mol. The molecule has 14 heteroatoms. The fraction of sp³-hybridized carbons (Fsp3) is 0.355. The summed E-state index contributed by atoms with van der Waals surface area (Å²) in [4.78, 5) is 28.6. The van der Waals surface area contributed by atoms with Crippen molar-refractivity contribution in [1.82, 2.24) is 10.2 Å². The number of nitrogens with zero attached hydrogens (tertiary/aromatic N) is 2. The average molecular weight is 701 g/mol. The normalized spacial score (nSPS) is 12.6. The number of hydrogen-bond acceptors (Lipinski definition) is 7. The molecule has 0 unspecified atom stereocenters. The first kappa shape index (κ1) is 36.1. The van der Waals surface area contributed by atoms with Crippen molar-refractivity contribution >= 4 is 62.3 Å². The van der Waals surface area contributed by atoms with E-state index in [0.717, 1.165) is 4.31 Å². The molecule has 10 nitrogen and oxygen atoms in total. The number of benzene rings is 3. The van der Waals surface area contributed by atoms with Gasteiger partial charge < -0.3 is 24.4 Å². The van der Waals surface area contributed by atoms with Crippen molar-refractivity contribution in [2.24, 2.45) is 0 Å². The predicted molar refractivity (Wildman–Crippen MR) is 176 cm³/mol. The SMILES string of the molecule is CC[C@H](C)NC(=O)[C@H](C)N(Cc1c(Cl)cccc1Cl)C(=O)CN(c1cc(Cl)ccc1OC)S(=O)(=O)c1ccc(OC)c(OC)c1. The van der Waals surface area contributed by atoms with Crippen molar-refractivity contribution in [1.29, 1.82) is 0 Å². The van der Waals surface area contributed by atoms with E-state index in [4.69, 9.17) is 49.0 Å². The van der Waals surface area contributed by atoms with Gasteiger partial charge in [-0.3, -0.25) is 13.9 Å². The highest BCUT2D eigenvalue weighted by Crippen LogP contribution is 2.37. The van der Waals surface area contributed by atoms with Crippen molar-refractivity contribution in [2.45, 2.75) is 50.7 Å². The first-order valence-corrected chi connectivity index (χ1v) is 16.5. The number of sulfonamides is 1. The summed E-state index contributed by atoms with van der Waals surface area (Å²) in [5.74, 6) is -0.546. The van der Waals surface area contributed by atoms with Gasteiger partial charge in [-0.1, -0.05) is 47.8 Å². The summed E-state index contributed by atoms with van der Waals surface area (Å²) in [5.41, 5.74) is 0.396. The predicted octanol–water partition coefficient (Wildman–Crippen LogP) is 6.20. The van der Waals surface area contributed by atoms with Crippen molar-refractivity contribution in [3.63, 3.8) is 0 Å². The second-order valence-corrected chi connectivity index (χ2v) is 13.2. The summed E-state index contributed by atoms with van der Waals surface area (Å²) in [6.07, 6.45) is 0.661. The van der Waals surface area contributed by atoms with Gasteiger partial charge in [-0.25, -0.2) is 8.42 Å². The lowest BCUT2D eigenvalue weighted by Gasteiger charge is -2.33. The molecule has 45 heavy (non-hydrogen) atoms. The number of carbonyl (C=O) groups is 2. The molecule has 0 aliphatic carbocycles. The van der Waals surface area contributed by atoms with E-state index in [1.54, 1.807) is 25.1 Å². The number of halogens is 3. The second-order valence-electron chi connectivity index (χ2n) is 10.1.